The molecule has 0 bridgehead atoms. The van der Waals surface area contributed by atoms with Crippen molar-refractivity contribution in [2.24, 2.45) is 0 Å². The maximum Gasteiger partial charge on any atom is 0.138 e. The second kappa shape index (κ2) is 10.2. The Balaban J connectivity index is 1.27. The molecular formula is C26H28N4O2. The van der Waals surface area contributed by atoms with E-state index in [1.54, 1.807) is 11.0 Å². The summed E-state index contributed by atoms with van der Waals surface area (Å²) < 4.78 is 7.54. The molecule has 0 saturated heterocycles. The van der Waals surface area contributed by atoms with Gasteiger partial charge in [-0.1, -0.05) is 54.6 Å². The minimum absolute atomic E-state index is 0.152. The first-order chi connectivity index (χ1) is 15.6. The van der Waals surface area contributed by atoms with Crippen LogP contribution in [0.25, 0.3) is 16.8 Å². The van der Waals surface area contributed by atoms with E-state index in [4.69, 9.17) is 4.74 Å². The molecule has 4 rings (SSSR count). The van der Waals surface area contributed by atoms with Gasteiger partial charge in [0.15, 0.2) is 0 Å². The molecule has 0 radical (unpaired) electrons. The number of aliphatic hydroxyl groups excluding tert-OH is 1. The van der Waals surface area contributed by atoms with Gasteiger partial charge in [0.1, 0.15) is 31.1 Å². The molecular weight excluding hydrogens is 400 g/mol. The highest BCUT2D eigenvalue weighted by atomic mass is 16.5. The Hall–Kier alpha value is -3.48. The zero-order chi connectivity index (χ0) is 22.3. The van der Waals surface area contributed by atoms with E-state index in [1.165, 1.54) is 17.5 Å². The van der Waals surface area contributed by atoms with E-state index >= 15 is 0 Å². The fourth-order valence-electron chi connectivity index (χ4n) is 3.61. The van der Waals surface area contributed by atoms with Crippen LogP contribution in [0.5, 0.6) is 5.75 Å². The van der Waals surface area contributed by atoms with Crippen LogP contribution in [0.4, 0.5) is 0 Å². The highest BCUT2D eigenvalue weighted by molar-refractivity contribution is 5.63. The predicted octanol–water partition coefficient (Wildman–Crippen LogP) is 4.37. The van der Waals surface area contributed by atoms with Crippen molar-refractivity contribution in [2.45, 2.75) is 19.1 Å². The topological polar surface area (TPSA) is 63.4 Å². The lowest BCUT2D eigenvalue weighted by Gasteiger charge is -2.27. The zero-order valence-electron chi connectivity index (χ0n) is 18.4. The third kappa shape index (κ3) is 5.41. The van der Waals surface area contributed by atoms with Gasteiger partial charge in [0.05, 0.1) is 5.69 Å². The van der Waals surface area contributed by atoms with Crippen molar-refractivity contribution < 1.29 is 9.84 Å². The number of aromatic nitrogens is 3. The SMILES string of the molecule is CC(c1ccc(-n2cncn2)cc1)N(C)CC(O)COc1ccc(-c2ccccc2)cc1. The number of benzene rings is 3. The van der Waals surface area contributed by atoms with Gasteiger partial charge in [0.2, 0.25) is 0 Å². The summed E-state index contributed by atoms with van der Waals surface area (Å²) in [5.41, 5.74) is 4.44. The summed E-state index contributed by atoms with van der Waals surface area (Å²) >= 11 is 0. The van der Waals surface area contributed by atoms with Gasteiger partial charge in [-0.15, -0.1) is 0 Å². The minimum atomic E-state index is -0.592. The van der Waals surface area contributed by atoms with Gasteiger partial charge in [-0.2, -0.15) is 5.10 Å². The average molecular weight is 429 g/mol. The molecule has 2 unspecified atom stereocenters. The summed E-state index contributed by atoms with van der Waals surface area (Å²) in [5.74, 6) is 0.753. The average Bonchev–Trinajstić information content (AvgIpc) is 3.38. The van der Waals surface area contributed by atoms with Gasteiger partial charge in [-0.3, -0.25) is 4.90 Å². The van der Waals surface area contributed by atoms with Gasteiger partial charge in [-0.25, -0.2) is 9.67 Å². The van der Waals surface area contributed by atoms with Crippen LogP contribution >= 0.6 is 0 Å². The lowest BCUT2D eigenvalue weighted by molar-refractivity contribution is 0.0654. The molecule has 2 atom stereocenters. The summed E-state index contributed by atoms with van der Waals surface area (Å²) in [5, 5.41) is 14.6. The summed E-state index contributed by atoms with van der Waals surface area (Å²) in [6.07, 6.45) is 2.60. The molecule has 1 heterocycles. The first-order valence-corrected chi connectivity index (χ1v) is 10.7. The second-order valence-corrected chi connectivity index (χ2v) is 7.90. The first-order valence-electron chi connectivity index (χ1n) is 10.7. The largest absolute Gasteiger partial charge is 0.491 e. The number of hydrogen-bond donors (Lipinski definition) is 1. The van der Waals surface area contributed by atoms with Crippen molar-refractivity contribution >= 4 is 0 Å². The van der Waals surface area contributed by atoms with E-state index in [9.17, 15) is 5.11 Å². The normalized spacial score (nSPS) is 13.1. The van der Waals surface area contributed by atoms with Gasteiger partial charge < -0.3 is 9.84 Å². The van der Waals surface area contributed by atoms with Crippen molar-refractivity contribution in [2.75, 3.05) is 20.2 Å². The molecule has 0 aliphatic rings. The molecule has 0 amide bonds. The minimum Gasteiger partial charge on any atom is -0.491 e. The molecule has 0 aliphatic heterocycles. The molecule has 3 aromatic carbocycles. The Morgan fingerprint density at radius 1 is 0.938 bits per heavy atom. The zero-order valence-corrected chi connectivity index (χ0v) is 18.4. The van der Waals surface area contributed by atoms with Crippen LogP contribution < -0.4 is 4.74 Å². The van der Waals surface area contributed by atoms with Crippen LogP contribution in [0, 0.1) is 0 Å². The Bertz CT molecular complexity index is 1080. The Morgan fingerprint density at radius 2 is 1.62 bits per heavy atom. The summed E-state index contributed by atoms with van der Waals surface area (Å²) in [6, 6.07) is 26.5. The van der Waals surface area contributed by atoms with E-state index < -0.39 is 6.10 Å². The molecule has 0 fully saturated rings. The van der Waals surface area contributed by atoms with Crippen LogP contribution in [-0.4, -0.2) is 51.1 Å². The third-order valence-corrected chi connectivity index (χ3v) is 5.62. The quantitative estimate of drug-likeness (QED) is 0.429. The van der Waals surface area contributed by atoms with E-state index in [0.717, 1.165) is 17.0 Å². The Labute approximate surface area is 188 Å². The summed E-state index contributed by atoms with van der Waals surface area (Å²) in [6.45, 7) is 2.88. The highest BCUT2D eigenvalue weighted by Gasteiger charge is 2.16. The molecule has 164 valence electrons. The summed E-state index contributed by atoms with van der Waals surface area (Å²) in [7, 11) is 2.01. The van der Waals surface area contributed by atoms with Gasteiger partial charge in [0, 0.05) is 12.6 Å². The monoisotopic (exact) mass is 428 g/mol. The molecule has 6 heteroatoms. The molecule has 0 aliphatic carbocycles. The summed E-state index contributed by atoms with van der Waals surface area (Å²) in [4.78, 5) is 6.10. The second-order valence-electron chi connectivity index (χ2n) is 7.90. The number of aliphatic hydroxyl groups is 1. The molecule has 32 heavy (non-hydrogen) atoms. The van der Waals surface area contributed by atoms with Crippen molar-refractivity contribution in [1.29, 1.82) is 0 Å². The maximum absolute atomic E-state index is 10.5. The molecule has 1 aromatic heterocycles. The Kier molecular flexibility index (Phi) is 6.94. The highest BCUT2D eigenvalue weighted by Crippen LogP contribution is 2.23. The van der Waals surface area contributed by atoms with E-state index in [0.29, 0.717) is 6.54 Å². The van der Waals surface area contributed by atoms with Gasteiger partial charge >= 0.3 is 0 Å². The van der Waals surface area contributed by atoms with E-state index in [1.807, 2.05) is 61.6 Å². The molecule has 6 nitrogen and oxygen atoms in total. The van der Waals surface area contributed by atoms with Crippen molar-refractivity contribution in [3.05, 3.63) is 97.1 Å². The maximum atomic E-state index is 10.5. The number of nitrogens with zero attached hydrogens (tertiary/aromatic N) is 4. The van der Waals surface area contributed by atoms with Crippen molar-refractivity contribution in [1.82, 2.24) is 19.7 Å². The van der Waals surface area contributed by atoms with Crippen LogP contribution in [0.15, 0.2) is 91.5 Å². The fourth-order valence-corrected chi connectivity index (χ4v) is 3.61. The van der Waals surface area contributed by atoms with Crippen LogP contribution in [0.1, 0.15) is 18.5 Å². The number of ether oxygens (including phenoxy) is 1. The number of likely N-dealkylation sites (N-methyl/N-ethyl adjacent to an activating group) is 1. The predicted molar refractivity (Wildman–Crippen MR) is 126 cm³/mol. The first kappa shape index (κ1) is 21.7. The van der Waals surface area contributed by atoms with E-state index in [-0.39, 0.29) is 12.6 Å². The lowest BCUT2D eigenvalue weighted by atomic mass is 10.1. The van der Waals surface area contributed by atoms with E-state index in [2.05, 4.69) is 46.2 Å². The number of hydrogen-bond acceptors (Lipinski definition) is 5. The standard InChI is InChI=1S/C26H28N4O2/c1-20(21-8-12-24(13-9-21)30-19-27-18-28-30)29(2)16-25(31)17-32-26-14-10-23(11-15-26)22-6-4-3-5-7-22/h3-15,18-20,25,31H,16-17H2,1-2H3. The Morgan fingerprint density at radius 3 is 2.28 bits per heavy atom. The van der Waals surface area contributed by atoms with Crippen LogP contribution in [-0.2, 0) is 0 Å². The molecule has 0 saturated carbocycles. The van der Waals surface area contributed by atoms with Crippen molar-refractivity contribution in [3.63, 3.8) is 0 Å². The molecule has 0 spiro atoms. The smallest absolute Gasteiger partial charge is 0.138 e. The fraction of sp³-hybridized carbons (Fsp3) is 0.231. The van der Waals surface area contributed by atoms with Crippen molar-refractivity contribution in [3.8, 4) is 22.6 Å². The van der Waals surface area contributed by atoms with Gasteiger partial charge in [-0.05, 0) is 54.9 Å². The molecule has 1 N–H and O–H groups in total. The van der Waals surface area contributed by atoms with Crippen LogP contribution in [0.2, 0.25) is 0 Å². The van der Waals surface area contributed by atoms with Gasteiger partial charge in [0.25, 0.3) is 0 Å². The molecule has 4 aromatic rings. The van der Waals surface area contributed by atoms with Crippen LogP contribution in [0.3, 0.4) is 0 Å². The third-order valence-electron chi connectivity index (χ3n) is 5.62. The number of rotatable bonds is 9. The lowest BCUT2D eigenvalue weighted by Crippen LogP contribution is -2.34.